The number of aromatic nitrogens is 3. The summed E-state index contributed by atoms with van der Waals surface area (Å²) in [7, 11) is 0. The van der Waals surface area contributed by atoms with Gasteiger partial charge in [-0.3, -0.25) is 0 Å². The fourth-order valence-electron chi connectivity index (χ4n) is 1.53. The minimum atomic E-state index is 0.413. The lowest BCUT2D eigenvalue weighted by molar-refractivity contribution is 0.0660. The summed E-state index contributed by atoms with van der Waals surface area (Å²) in [5.74, 6) is 0.714. The minimum absolute atomic E-state index is 0.413. The van der Waals surface area contributed by atoms with Crippen molar-refractivity contribution in [1.82, 2.24) is 14.8 Å². The van der Waals surface area contributed by atoms with Gasteiger partial charge in [0.25, 0.3) is 0 Å². The Balaban J connectivity index is 2.05. The standard InChI is InChI=1S/C8H14N4O/c9-5-8-10-6-12(11-8)7-1-3-13-4-2-7/h6-7H,1-5,9H2. The quantitative estimate of drug-likeness (QED) is 0.703. The zero-order valence-electron chi connectivity index (χ0n) is 7.52. The van der Waals surface area contributed by atoms with Crippen LogP contribution < -0.4 is 5.73 Å². The molecule has 1 aromatic heterocycles. The summed E-state index contributed by atoms with van der Waals surface area (Å²) in [6, 6.07) is 0.446. The third-order valence-corrected chi connectivity index (χ3v) is 2.30. The van der Waals surface area contributed by atoms with E-state index in [2.05, 4.69) is 10.1 Å². The van der Waals surface area contributed by atoms with Crippen molar-refractivity contribution in [3.63, 3.8) is 0 Å². The van der Waals surface area contributed by atoms with E-state index in [-0.39, 0.29) is 0 Å². The summed E-state index contributed by atoms with van der Waals surface area (Å²) in [6.45, 7) is 2.06. The molecule has 5 nitrogen and oxygen atoms in total. The molecule has 13 heavy (non-hydrogen) atoms. The Morgan fingerprint density at radius 1 is 1.54 bits per heavy atom. The van der Waals surface area contributed by atoms with Crippen LogP contribution in [0.5, 0.6) is 0 Å². The lowest BCUT2D eigenvalue weighted by Gasteiger charge is -2.21. The molecule has 0 spiro atoms. The number of rotatable bonds is 2. The second-order valence-corrected chi connectivity index (χ2v) is 3.19. The molecule has 0 saturated carbocycles. The maximum Gasteiger partial charge on any atom is 0.164 e. The van der Waals surface area contributed by atoms with Crippen LogP contribution in [0.15, 0.2) is 6.33 Å². The molecule has 0 bridgehead atoms. The summed E-state index contributed by atoms with van der Waals surface area (Å²) in [5.41, 5.74) is 5.43. The SMILES string of the molecule is NCc1ncn(C2CCOCC2)n1. The minimum Gasteiger partial charge on any atom is -0.381 e. The maximum atomic E-state index is 5.43. The van der Waals surface area contributed by atoms with Crippen LogP contribution in [0.3, 0.4) is 0 Å². The topological polar surface area (TPSA) is 66.0 Å². The summed E-state index contributed by atoms with van der Waals surface area (Å²) in [4.78, 5) is 4.10. The van der Waals surface area contributed by atoms with Crippen LogP contribution in [-0.2, 0) is 11.3 Å². The Morgan fingerprint density at radius 3 is 2.92 bits per heavy atom. The smallest absolute Gasteiger partial charge is 0.164 e. The van der Waals surface area contributed by atoms with Crippen molar-refractivity contribution in [1.29, 1.82) is 0 Å². The molecule has 0 unspecified atom stereocenters. The predicted octanol–water partition coefficient (Wildman–Crippen LogP) is 0.0883. The van der Waals surface area contributed by atoms with Gasteiger partial charge in [-0.05, 0) is 12.8 Å². The van der Waals surface area contributed by atoms with Crippen LogP contribution in [0.1, 0.15) is 24.7 Å². The first-order chi connectivity index (χ1) is 6.40. The first kappa shape index (κ1) is 8.65. The molecule has 1 fully saturated rings. The van der Waals surface area contributed by atoms with Crippen LogP contribution in [0.2, 0.25) is 0 Å². The third kappa shape index (κ3) is 1.87. The van der Waals surface area contributed by atoms with E-state index in [1.165, 1.54) is 0 Å². The normalized spacial score (nSPS) is 19.2. The average molecular weight is 182 g/mol. The van der Waals surface area contributed by atoms with Gasteiger partial charge in [0, 0.05) is 13.2 Å². The molecule has 0 aromatic carbocycles. The van der Waals surface area contributed by atoms with Crippen molar-refractivity contribution < 1.29 is 4.74 Å². The van der Waals surface area contributed by atoms with Gasteiger partial charge in [-0.25, -0.2) is 9.67 Å². The van der Waals surface area contributed by atoms with E-state index in [1.807, 2.05) is 4.68 Å². The zero-order valence-corrected chi connectivity index (χ0v) is 7.52. The fourth-order valence-corrected chi connectivity index (χ4v) is 1.53. The Bertz CT molecular complexity index is 267. The molecule has 2 heterocycles. The second-order valence-electron chi connectivity index (χ2n) is 3.19. The third-order valence-electron chi connectivity index (χ3n) is 2.30. The van der Waals surface area contributed by atoms with Gasteiger partial charge in [-0.2, -0.15) is 5.10 Å². The van der Waals surface area contributed by atoms with Crippen LogP contribution in [-0.4, -0.2) is 28.0 Å². The van der Waals surface area contributed by atoms with E-state index < -0.39 is 0 Å². The molecule has 2 rings (SSSR count). The molecule has 0 aliphatic carbocycles. The Hall–Kier alpha value is -0.940. The van der Waals surface area contributed by atoms with Gasteiger partial charge in [-0.1, -0.05) is 0 Å². The van der Waals surface area contributed by atoms with Crippen molar-refractivity contribution in [2.45, 2.75) is 25.4 Å². The lowest BCUT2D eigenvalue weighted by atomic mass is 10.1. The summed E-state index contributed by atoms with van der Waals surface area (Å²) < 4.78 is 7.18. The monoisotopic (exact) mass is 182 g/mol. The highest BCUT2D eigenvalue weighted by Crippen LogP contribution is 2.18. The molecule has 2 N–H and O–H groups in total. The second kappa shape index (κ2) is 3.85. The summed E-state index contributed by atoms with van der Waals surface area (Å²) in [5, 5.41) is 4.28. The summed E-state index contributed by atoms with van der Waals surface area (Å²) >= 11 is 0. The molecule has 1 saturated heterocycles. The Morgan fingerprint density at radius 2 is 2.31 bits per heavy atom. The number of hydrogen-bond acceptors (Lipinski definition) is 4. The lowest BCUT2D eigenvalue weighted by Crippen LogP contribution is -2.20. The molecule has 1 aliphatic rings. The van der Waals surface area contributed by atoms with Gasteiger partial charge in [0.1, 0.15) is 6.33 Å². The highest BCUT2D eigenvalue weighted by atomic mass is 16.5. The molecule has 1 aromatic rings. The maximum absolute atomic E-state index is 5.43. The predicted molar refractivity (Wildman–Crippen MR) is 47.0 cm³/mol. The number of hydrogen-bond donors (Lipinski definition) is 1. The van der Waals surface area contributed by atoms with E-state index in [0.717, 1.165) is 26.1 Å². The van der Waals surface area contributed by atoms with Crippen molar-refractivity contribution in [3.8, 4) is 0 Å². The fraction of sp³-hybridized carbons (Fsp3) is 0.750. The van der Waals surface area contributed by atoms with E-state index in [1.54, 1.807) is 6.33 Å². The van der Waals surface area contributed by atoms with Gasteiger partial charge < -0.3 is 10.5 Å². The molecular formula is C8H14N4O. The van der Waals surface area contributed by atoms with Gasteiger partial charge in [-0.15, -0.1) is 0 Å². The first-order valence-electron chi connectivity index (χ1n) is 4.58. The molecule has 0 radical (unpaired) electrons. The van der Waals surface area contributed by atoms with Crippen molar-refractivity contribution in [3.05, 3.63) is 12.2 Å². The van der Waals surface area contributed by atoms with Crippen molar-refractivity contribution in [2.24, 2.45) is 5.73 Å². The van der Waals surface area contributed by atoms with E-state index in [0.29, 0.717) is 18.4 Å². The zero-order chi connectivity index (χ0) is 9.10. The van der Waals surface area contributed by atoms with Crippen molar-refractivity contribution >= 4 is 0 Å². The average Bonchev–Trinajstić information content (AvgIpc) is 2.67. The van der Waals surface area contributed by atoms with E-state index >= 15 is 0 Å². The number of ether oxygens (including phenoxy) is 1. The molecule has 1 aliphatic heterocycles. The summed E-state index contributed by atoms with van der Waals surface area (Å²) in [6.07, 6.45) is 3.80. The highest BCUT2D eigenvalue weighted by molar-refractivity contribution is 4.82. The molecule has 0 atom stereocenters. The highest BCUT2D eigenvalue weighted by Gasteiger charge is 2.16. The largest absolute Gasteiger partial charge is 0.381 e. The molecular weight excluding hydrogens is 168 g/mol. The van der Waals surface area contributed by atoms with E-state index in [4.69, 9.17) is 10.5 Å². The van der Waals surface area contributed by atoms with Gasteiger partial charge in [0.15, 0.2) is 5.82 Å². The van der Waals surface area contributed by atoms with Crippen LogP contribution in [0.25, 0.3) is 0 Å². The van der Waals surface area contributed by atoms with Gasteiger partial charge in [0.2, 0.25) is 0 Å². The Kier molecular flexibility index (Phi) is 2.56. The van der Waals surface area contributed by atoms with E-state index in [9.17, 15) is 0 Å². The van der Waals surface area contributed by atoms with Gasteiger partial charge in [0.05, 0.1) is 12.6 Å². The molecule has 5 heteroatoms. The van der Waals surface area contributed by atoms with Crippen LogP contribution >= 0.6 is 0 Å². The molecule has 0 amide bonds. The van der Waals surface area contributed by atoms with Gasteiger partial charge >= 0.3 is 0 Å². The van der Waals surface area contributed by atoms with Crippen molar-refractivity contribution in [2.75, 3.05) is 13.2 Å². The van der Waals surface area contributed by atoms with Crippen LogP contribution in [0.4, 0.5) is 0 Å². The molecule has 72 valence electrons. The van der Waals surface area contributed by atoms with Crippen LogP contribution in [0, 0.1) is 0 Å². The first-order valence-corrected chi connectivity index (χ1v) is 4.58. The Labute approximate surface area is 76.9 Å². The number of nitrogens with zero attached hydrogens (tertiary/aromatic N) is 3. The number of nitrogens with two attached hydrogens (primary N) is 1.